The molecule has 0 aliphatic heterocycles. The molecule has 0 saturated carbocycles. The highest BCUT2D eigenvalue weighted by Gasteiger charge is 2.09. The number of pyridine rings is 1. The Balaban J connectivity index is 2.26. The van der Waals surface area contributed by atoms with Gasteiger partial charge in [-0.15, -0.1) is 0 Å². The quantitative estimate of drug-likeness (QED) is 0.855. The Morgan fingerprint density at radius 2 is 2.26 bits per heavy atom. The lowest BCUT2D eigenvalue weighted by molar-refractivity contribution is 0.0696. The van der Waals surface area contributed by atoms with Crippen molar-refractivity contribution in [1.29, 1.82) is 0 Å². The Morgan fingerprint density at radius 3 is 2.95 bits per heavy atom. The van der Waals surface area contributed by atoms with Crippen molar-refractivity contribution < 1.29 is 14.6 Å². The lowest BCUT2D eigenvalue weighted by Gasteiger charge is -2.04. The number of carboxylic acid groups (broad SMARTS) is 1. The number of halogens is 1. The van der Waals surface area contributed by atoms with E-state index in [9.17, 15) is 4.79 Å². The number of ether oxygens (including phenoxy) is 1. The second-order valence-corrected chi connectivity index (χ2v) is 5.14. The summed E-state index contributed by atoms with van der Waals surface area (Å²) in [4.78, 5) is 23.2. The number of hydrogen-bond acceptors (Lipinski definition) is 6. The van der Waals surface area contributed by atoms with Crippen molar-refractivity contribution in [2.24, 2.45) is 0 Å². The lowest BCUT2D eigenvalue weighted by Crippen LogP contribution is -1.97. The fourth-order valence-corrected chi connectivity index (χ4v) is 2.29. The lowest BCUT2D eigenvalue weighted by atomic mass is 10.3. The molecule has 2 heterocycles. The van der Waals surface area contributed by atoms with E-state index >= 15 is 0 Å². The molecule has 0 saturated heterocycles. The molecule has 0 amide bonds. The summed E-state index contributed by atoms with van der Waals surface area (Å²) in [6, 6.07) is 2.89. The Labute approximate surface area is 121 Å². The van der Waals surface area contributed by atoms with Crippen LogP contribution in [0.3, 0.4) is 0 Å². The predicted molar refractivity (Wildman–Crippen MR) is 71.6 cm³/mol. The summed E-state index contributed by atoms with van der Waals surface area (Å²) in [6.45, 7) is 0. The summed E-state index contributed by atoms with van der Waals surface area (Å²) in [7, 11) is 1.50. The summed E-state index contributed by atoms with van der Waals surface area (Å²) in [5.74, 6) is -0.592. The molecule has 0 unspecified atom stereocenters. The summed E-state index contributed by atoms with van der Waals surface area (Å²) in [6.07, 6.45) is 3.00. The van der Waals surface area contributed by atoms with Crippen LogP contribution in [-0.4, -0.2) is 33.1 Å². The Morgan fingerprint density at radius 1 is 1.47 bits per heavy atom. The van der Waals surface area contributed by atoms with Gasteiger partial charge in [0.2, 0.25) is 5.88 Å². The van der Waals surface area contributed by atoms with E-state index in [1.807, 2.05) is 0 Å². The molecule has 0 radical (unpaired) electrons. The van der Waals surface area contributed by atoms with Gasteiger partial charge in [-0.3, -0.25) is 0 Å². The third kappa shape index (κ3) is 3.42. The van der Waals surface area contributed by atoms with Gasteiger partial charge in [-0.25, -0.2) is 14.8 Å². The summed E-state index contributed by atoms with van der Waals surface area (Å²) < 4.78 is 5.70. The van der Waals surface area contributed by atoms with E-state index in [0.29, 0.717) is 20.5 Å². The van der Waals surface area contributed by atoms with Gasteiger partial charge in [0.05, 0.1) is 17.1 Å². The second-order valence-electron chi connectivity index (χ2n) is 3.30. The first-order chi connectivity index (χ1) is 9.10. The number of aromatic carboxylic acids is 1. The molecule has 2 rings (SSSR count). The van der Waals surface area contributed by atoms with Crippen molar-refractivity contribution in [2.75, 3.05) is 7.11 Å². The van der Waals surface area contributed by atoms with Gasteiger partial charge in [0.25, 0.3) is 0 Å². The monoisotopic (exact) mass is 341 g/mol. The first-order valence-electron chi connectivity index (χ1n) is 5.04. The largest absolute Gasteiger partial charge is 0.480 e. The van der Waals surface area contributed by atoms with Crippen LogP contribution in [0.15, 0.2) is 39.2 Å². The van der Waals surface area contributed by atoms with Gasteiger partial charge in [-0.05, 0) is 39.8 Å². The van der Waals surface area contributed by atoms with E-state index in [1.54, 1.807) is 6.20 Å². The maximum Gasteiger partial charge on any atom is 0.335 e. The van der Waals surface area contributed by atoms with Crippen LogP contribution in [0.1, 0.15) is 10.4 Å². The first kappa shape index (κ1) is 13.8. The molecular formula is C11H8BrN3O3S. The van der Waals surface area contributed by atoms with E-state index in [-0.39, 0.29) is 5.56 Å². The van der Waals surface area contributed by atoms with Crippen LogP contribution < -0.4 is 4.74 Å². The van der Waals surface area contributed by atoms with E-state index in [4.69, 9.17) is 9.84 Å². The highest BCUT2D eigenvalue weighted by molar-refractivity contribution is 9.10. The number of methoxy groups -OCH3 is 1. The maximum atomic E-state index is 10.9. The Bertz CT molecular complexity index is 624. The molecular weight excluding hydrogens is 334 g/mol. The van der Waals surface area contributed by atoms with Gasteiger partial charge in [0.15, 0.2) is 5.16 Å². The van der Waals surface area contributed by atoms with E-state index in [1.165, 1.54) is 25.4 Å². The Hall–Kier alpha value is -1.67. The number of carboxylic acids is 1. The molecule has 0 aliphatic rings. The van der Waals surface area contributed by atoms with Crippen LogP contribution in [0.5, 0.6) is 5.88 Å². The molecule has 0 fully saturated rings. The summed E-state index contributed by atoms with van der Waals surface area (Å²) in [5.41, 5.74) is 0.168. The van der Waals surface area contributed by atoms with Gasteiger partial charge in [-0.1, -0.05) is 0 Å². The van der Waals surface area contributed by atoms with Crippen molar-refractivity contribution in [1.82, 2.24) is 15.0 Å². The zero-order chi connectivity index (χ0) is 13.8. The SMILES string of the molecule is COc1nc(Sc2cc(C(=O)O)ccn2)ncc1Br. The van der Waals surface area contributed by atoms with Crippen LogP contribution in [0, 0.1) is 0 Å². The number of nitrogens with zero attached hydrogens (tertiary/aromatic N) is 3. The highest BCUT2D eigenvalue weighted by atomic mass is 79.9. The fraction of sp³-hybridized carbons (Fsp3) is 0.0909. The van der Waals surface area contributed by atoms with Crippen molar-refractivity contribution in [2.45, 2.75) is 10.2 Å². The van der Waals surface area contributed by atoms with Crippen LogP contribution in [0.2, 0.25) is 0 Å². The smallest absolute Gasteiger partial charge is 0.335 e. The molecule has 0 spiro atoms. The van der Waals surface area contributed by atoms with Crippen molar-refractivity contribution >= 4 is 33.7 Å². The molecule has 8 heteroatoms. The number of aromatic nitrogens is 3. The molecule has 19 heavy (non-hydrogen) atoms. The summed E-state index contributed by atoms with van der Waals surface area (Å²) in [5, 5.41) is 9.83. The third-order valence-corrected chi connectivity index (χ3v) is 3.42. The summed E-state index contributed by atoms with van der Waals surface area (Å²) >= 11 is 4.41. The molecule has 1 N–H and O–H groups in total. The average Bonchev–Trinajstić information content (AvgIpc) is 2.41. The molecule has 98 valence electrons. The molecule has 2 aromatic rings. The van der Waals surface area contributed by atoms with Gasteiger partial charge >= 0.3 is 5.97 Å². The molecule has 0 bridgehead atoms. The van der Waals surface area contributed by atoms with Crippen LogP contribution in [0.25, 0.3) is 0 Å². The number of hydrogen-bond donors (Lipinski definition) is 1. The topological polar surface area (TPSA) is 85.2 Å². The van der Waals surface area contributed by atoms with Gasteiger partial charge in [0.1, 0.15) is 5.03 Å². The van der Waals surface area contributed by atoms with Crippen LogP contribution in [-0.2, 0) is 0 Å². The fourth-order valence-electron chi connectivity index (χ4n) is 1.22. The normalized spacial score (nSPS) is 10.2. The minimum Gasteiger partial charge on any atom is -0.480 e. The van der Waals surface area contributed by atoms with Gasteiger partial charge in [-0.2, -0.15) is 4.98 Å². The van der Waals surface area contributed by atoms with E-state index in [0.717, 1.165) is 11.8 Å². The standard InChI is InChI=1S/C11H8BrN3O3S/c1-18-9-7(12)5-14-11(15-9)19-8-4-6(10(16)17)2-3-13-8/h2-5H,1H3,(H,16,17). The molecule has 2 aromatic heterocycles. The van der Waals surface area contributed by atoms with E-state index < -0.39 is 5.97 Å². The van der Waals surface area contributed by atoms with Gasteiger partial charge < -0.3 is 9.84 Å². The number of rotatable bonds is 4. The number of carbonyl (C=O) groups is 1. The third-order valence-electron chi connectivity index (χ3n) is 2.06. The zero-order valence-corrected chi connectivity index (χ0v) is 12.1. The van der Waals surface area contributed by atoms with Gasteiger partial charge in [0, 0.05) is 12.4 Å². The highest BCUT2D eigenvalue weighted by Crippen LogP contribution is 2.28. The first-order valence-corrected chi connectivity index (χ1v) is 6.65. The van der Waals surface area contributed by atoms with Crippen molar-refractivity contribution in [3.8, 4) is 5.88 Å². The minimum atomic E-state index is -1.00. The van der Waals surface area contributed by atoms with Crippen molar-refractivity contribution in [3.05, 3.63) is 34.6 Å². The average molecular weight is 342 g/mol. The Kier molecular flexibility index (Phi) is 4.33. The molecule has 6 nitrogen and oxygen atoms in total. The van der Waals surface area contributed by atoms with E-state index in [2.05, 4.69) is 30.9 Å². The zero-order valence-electron chi connectivity index (χ0n) is 9.70. The van der Waals surface area contributed by atoms with Crippen LogP contribution >= 0.6 is 27.7 Å². The predicted octanol–water partition coefficient (Wildman–Crippen LogP) is 2.49. The molecule has 0 atom stereocenters. The molecule has 0 aliphatic carbocycles. The van der Waals surface area contributed by atoms with Crippen molar-refractivity contribution in [3.63, 3.8) is 0 Å². The minimum absolute atomic E-state index is 0.168. The second kappa shape index (κ2) is 5.98. The molecule has 0 aromatic carbocycles. The van der Waals surface area contributed by atoms with Crippen LogP contribution in [0.4, 0.5) is 0 Å². The maximum absolute atomic E-state index is 10.9.